The molecule has 0 bridgehead atoms. The van der Waals surface area contributed by atoms with E-state index in [2.05, 4.69) is 5.32 Å². The van der Waals surface area contributed by atoms with Gasteiger partial charge in [0.15, 0.2) is 0 Å². The van der Waals surface area contributed by atoms with E-state index in [1.807, 2.05) is 0 Å². The maximum absolute atomic E-state index is 11.1. The number of hydrogen-bond donors (Lipinski definition) is 2. The first-order chi connectivity index (χ1) is 8.71. The fourth-order valence-electron chi connectivity index (χ4n) is 1.29. The summed E-state index contributed by atoms with van der Waals surface area (Å²) in [5.41, 5.74) is -0.511. The fourth-order valence-corrected chi connectivity index (χ4v) is 1.82. The molecule has 0 aromatic heterocycles. The molecule has 3 N–H and O–H groups in total. The molecule has 10 heteroatoms. The Bertz CT molecular complexity index is 612. The molecular formula is C9H10N3O6S-. The van der Waals surface area contributed by atoms with Crippen molar-refractivity contribution in [3.05, 3.63) is 28.3 Å². The number of anilines is 1. The Morgan fingerprint density at radius 2 is 2.05 bits per heavy atom. The van der Waals surface area contributed by atoms with Gasteiger partial charge >= 0.3 is 0 Å². The topological polar surface area (TPSA) is 155 Å². The van der Waals surface area contributed by atoms with Crippen LogP contribution in [-0.4, -0.2) is 25.9 Å². The van der Waals surface area contributed by atoms with Gasteiger partial charge in [-0.15, -0.1) is 0 Å². The molecule has 104 valence electrons. The number of primary sulfonamides is 1. The summed E-state index contributed by atoms with van der Waals surface area (Å²) in [6.45, 7) is -0.0854. The molecule has 1 rings (SSSR count). The van der Waals surface area contributed by atoms with Gasteiger partial charge in [0.1, 0.15) is 5.69 Å². The molecule has 0 saturated heterocycles. The lowest BCUT2D eigenvalue weighted by Gasteiger charge is -2.08. The number of nitro benzene ring substituents is 1. The number of aliphatic carboxylic acids is 1. The SMILES string of the molecule is NS(=O)(=O)c1ccc(NCCC(=O)[O-])c([N+](=O)[O-])c1. The molecule has 0 aliphatic heterocycles. The molecule has 0 saturated carbocycles. The number of nitrogens with one attached hydrogen (secondary N) is 1. The highest BCUT2D eigenvalue weighted by Crippen LogP contribution is 2.26. The van der Waals surface area contributed by atoms with Crippen molar-refractivity contribution in [2.45, 2.75) is 11.3 Å². The van der Waals surface area contributed by atoms with Crippen LogP contribution >= 0.6 is 0 Å². The Hall–Kier alpha value is -2.20. The van der Waals surface area contributed by atoms with Crippen molar-refractivity contribution in [1.29, 1.82) is 0 Å². The van der Waals surface area contributed by atoms with Crippen molar-refractivity contribution in [3.63, 3.8) is 0 Å². The lowest BCUT2D eigenvalue weighted by molar-refractivity contribution is -0.384. The van der Waals surface area contributed by atoms with Gasteiger partial charge in [-0.25, -0.2) is 13.6 Å². The number of nitro groups is 1. The van der Waals surface area contributed by atoms with E-state index in [1.165, 1.54) is 0 Å². The normalized spacial score (nSPS) is 11.0. The van der Waals surface area contributed by atoms with Gasteiger partial charge in [-0.3, -0.25) is 10.1 Å². The molecule has 0 atom stereocenters. The minimum Gasteiger partial charge on any atom is -0.550 e. The summed E-state index contributed by atoms with van der Waals surface area (Å²) in [6, 6.07) is 3.04. The van der Waals surface area contributed by atoms with Crippen molar-refractivity contribution < 1.29 is 23.2 Å². The number of hydrogen-bond acceptors (Lipinski definition) is 7. The van der Waals surface area contributed by atoms with E-state index in [-0.39, 0.29) is 18.7 Å². The van der Waals surface area contributed by atoms with E-state index in [0.717, 1.165) is 18.2 Å². The van der Waals surface area contributed by atoms with Crippen LogP contribution in [0, 0.1) is 10.1 Å². The summed E-state index contributed by atoms with van der Waals surface area (Å²) in [7, 11) is -4.05. The van der Waals surface area contributed by atoms with Gasteiger partial charge in [0.05, 0.1) is 9.82 Å². The molecule has 1 aromatic rings. The zero-order valence-corrected chi connectivity index (χ0v) is 10.3. The number of carbonyl (C=O) groups excluding carboxylic acids is 1. The zero-order chi connectivity index (χ0) is 14.6. The third kappa shape index (κ3) is 4.19. The maximum Gasteiger partial charge on any atom is 0.293 e. The predicted molar refractivity (Wildman–Crippen MR) is 62.6 cm³/mol. The quantitative estimate of drug-likeness (QED) is 0.491. The Balaban J connectivity index is 3.06. The second-order valence-corrected chi connectivity index (χ2v) is 5.09. The first-order valence-electron chi connectivity index (χ1n) is 4.97. The third-order valence-corrected chi connectivity index (χ3v) is 3.05. The molecular weight excluding hydrogens is 278 g/mol. The van der Waals surface area contributed by atoms with E-state index in [4.69, 9.17) is 5.14 Å². The molecule has 0 aliphatic carbocycles. The largest absolute Gasteiger partial charge is 0.550 e. The number of benzene rings is 1. The summed E-state index contributed by atoms with van der Waals surface area (Å²) in [5.74, 6) is -1.31. The van der Waals surface area contributed by atoms with Gasteiger partial charge in [0, 0.05) is 25.0 Å². The minimum atomic E-state index is -4.05. The van der Waals surface area contributed by atoms with Gasteiger partial charge < -0.3 is 15.2 Å². The number of sulfonamides is 1. The van der Waals surface area contributed by atoms with Crippen molar-refractivity contribution >= 4 is 27.4 Å². The lowest BCUT2D eigenvalue weighted by atomic mass is 10.2. The summed E-state index contributed by atoms with van der Waals surface area (Å²) in [6.07, 6.45) is -0.339. The highest BCUT2D eigenvalue weighted by molar-refractivity contribution is 7.89. The molecule has 0 heterocycles. The predicted octanol–water partition coefficient (Wildman–Crippen LogP) is -1.21. The minimum absolute atomic E-state index is 0.00125. The number of carboxylic acids is 1. The Morgan fingerprint density at radius 3 is 2.53 bits per heavy atom. The summed E-state index contributed by atoms with van der Waals surface area (Å²) in [4.78, 5) is 19.8. The first kappa shape index (κ1) is 14.9. The number of rotatable bonds is 6. The molecule has 19 heavy (non-hydrogen) atoms. The molecule has 0 aliphatic rings. The van der Waals surface area contributed by atoms with Crippen LogP contribution in [0.15, 0.2) is 23.1 Å². The standard InChI is InChI=1S/C9H11N3O6S/c10-19(17,18)6-1-2-7(8(5-6)12(15)16)11-4-3-9(13)14/h1-2,5,11H,3-4H2,(H,13,14)(H2,10,17,18)/p-1. The Morgan fingerprint density at radius 1 is 1.42 bits per heavy atom. The molecule has 0 spiro atoms. The second kappa shape index (κ2) is 5.63. The molecule has 1 aromatic carbocycles. The highest BCUT2D eigenvalue weighted by Gasteiger charge is 2.18. The van der Waals surface area contributed by atoms with E-state index >= 15 is 0 Å². The van der Waals surface area contributed by atoms with Crippen LogP contribution < -0.4 is 15.6 Å². The van der Waals surface area contributed by atoms with Crippen molar-refractivity contribution in [1.82, 2.24) is 0 Å². The van der Waals surface area contributed by atoms with Crippen LogP contribution in [0.25, 0.3) is 0 Å². The smallest absolute Gasteiger partial charge is 0.293 e. The highest BCUT2D eigenvalue weighted by atomic mass is 32.2. The van der Waals surface area contributed by atoms with Crippen molar-refractivity contribution in [3.8, 4) is 0 Å². The maximum atomic E-state index is 11.1. The van der Waals surface area contributed by atoms with E-state index in [0.29, 0.717) is 0 Å². The van der Waals surface area contributed by atoms with Crippen molar-refractivity contribution in [2.24, 2.45) is 5.14 Å². The summed E-state index contributed by atoms with van der Waals surface area (Å²) >= 11 is 0. The van der Waals surface area contributed by atoms with Gasteiger partial charge in [0.25, 0.3) is 5.69 Å². The number of carboxylic acid groups (broad SMARTS) is 1. The van der Waals surface area contributed by atoms with Gasteiger partial charge in [0.2, 0.25) is 10.0 Å². The van der Waals surface area contributed by atoms with Crippen LogP contribution in [0.1, 0.15) is 6.42 Å². The van der Waals surface area contributed by atoms with Crippen LogP contribution in [-0.2, 0) is 14.8 Å². The first-order valence-corrected chi connectivity index (χ1v) is 6.51. The van der Waals surface area contributed by atoms with Gasteiger partial charge in [-0.05, 0) is 12.1 Å². The van der Waals surface area contributed by atoms with Crippen LogP contribution in [0.2, 0.25) is 0 Å². The molecule has 0 unspecified atom stereocenters. The monoisotopic (exact) mass is 288 g/mol. The van der Waals surface area contributed by atoms with Crippen LogP contribution in [0.5, 0.6) is 0 Å². The van der Waals surface area contributed by atoms with Crippen molar-refractivity contribution in [2.75, 3.05) is 11.9 Å². The molecule has 9 nitrogen and oxygen atoms in total. The van der Waals surface area contributed by atoms with Gasteiger partial charge in [-0.1, -0.05) is 0 Å². The summed E-state index contributed by atoms with van der Waals surface area (Å²) < 4.78 is 22.1. The van der Waals surface area contributed by atoms with E-state index in [1.54, 1.807) is 0 Å². The number of nitrogens with two attached hydrogens (primary N) is 1. The average molecular weight is 288 g/mol. The number of carbonyl (C=O) groups is 1. The Labute approximate surface area is 108 Å². The van der Waals surface area contributed by atoms with Gasteiger partial charge in [-0.2, -0.15) is 0 Å². The zero-order valence-electron chi connectivity index (χ0n) is 9.53. The van der Waals surface area contributed by atoms with E-state index in [9.17, 15) is 28.4 Å². The van der Waals surface area contributed by atoms with E-state index < -0.39 is 31.5 Å². The van der Waals surface area contributed by atoms with Crippen LogP contribution in [0.3, 0.4) is 0 Å². The molecule has 0 amide bonds. The Kier molecular flexibility index (Phi) is 4.40. The second-order valence-electron chi connectivity index (χ2n) is 3.53. The average Bonchev–Trinajstić information content (AvgIpc) is 2.27. The summed E-state index contributed by atoms with van der Waals surface area (Å²) in [5, 5.41) is 28.4. The molecule has 0 fully saturated rings. The number of nitrogens with zero attached hydrogens (tertiary/aromatic N) is 1. The fraction of sp³-hybridized carbons (Fsp3) is 0.222. The lowest BCUT2D eigenvalue weighted by Crippen LogP contribution is -2.24. The van der Waals surface area contributed by atoms with Crippen LogP contribution in [0.4, 0.5) is 11.4 Å². The third-order valence-electron chi connectivity index (χ3n) is 2.14. The molecule has 0 radical (unpaired) electrons.